The lowest BCUT2D eigenvalue weighted by molar-refractivity contribution is 0.660. The molecule has 1 aromatic heterocycles. The highest BCUT2D eigenvalue weighted by Crippen LogP contribution is 2.60. The van der Waals surface area contributed by atoms with Crippen LogP contribution in [0.3, 0.4) is 0 Å². The molecule has 14 rings (SSSR count). The largest absolute Gasteiger partial charge is 0.310 e. The highest BCUT2D eigenvalue weighted by atomic mass is 15.1. The minimum atomic E-state index is -0.564. The van der Waals surface area contributed by atoms with Crippen molar-refractivity contribution in [3.63, 3.8) is 0 Å². The summed E-state index contributed by atoms with van der Waals surface area (Å²) in [4.78, 5) is 2.50. The molecule has 0 saturated carbocycles. The van der Waals surface area contributed by atoms with Crippen LogP contribution in [0.15, 0.2) is 267 Å². The van der Waals surface area contributed by atoms with Crippen LogP contribution in [0, 0.1) is 0 Å². The number of hydrogen-bond donors (Lipinski definition) is 0. The van der Waals surface area contributed by atoms with Gasteiger partial charge in [0.2, 0.25) is 0 Å². The summed E-state index contributed by atoms with van der Waals surface area (Å²) in [6.07, 6.45) is 0. The summed E-state index contributed by atoms with van der Waals surface area (Å²) >= 11 is 0. The number of hydrogen-bond acceptors (Lipinski definition) is 1. The maximum atomic E-state index is 2.50. The van der Waals surface area contributed by atoms with Crippen LogP contribution in [0.25, 0.3) is 72.0 Å². The van der Waals surface area contributed by atoms with Crippen LogP contribution >= 0.6 is 0 Å². The van der Waals surface area contributed by atoms with E-state index in [0.29, 0.717) is 0 Å². The summed E-state index contributed by atoms with van der Waals surface area (Å²) in [5.41, 5.74) is 23.9. The third kappa shape index (κ3) is 6.15. The van der Waals surface area contributed by atoms with Crippen molar-refractivity contribution in [1.82, 2.24) is 4.57 Å². The molecule has 0 spiro atoms. The molecule has 0 atom stereocenters. The van der Waals surface area contributed by atoms with Crippen LogP contribution < -0.4 is 4.90 Å². The summed E-state index contributed by atoms with van der Waals surface area (Å²) in [5, 5.41) is 2.53. The fourth-order valence-electron chi connectivity index (χ4n) is 12.7. The second kappa shape index (κ2) is 16.3. The summed E-state index contributed by atoms with van der Waals surface area (Å²) in [6.45, 7) is 4.75. The van der Waals surface area contributed by atoms with E-state index in [4.69, 9.17) is 0 Å². The zero-order chi connectivity index (χ0) is 48.0. The van der Waals surface area contributed by atoms with E-state index in [1.54, 1.807) is 0 Å². The highest BCUT2D eigenvalue weighted by Gasteiger charge is 2.48. The fraction of sp³-hybridized carbons (Fsp3) is 0.0571. The highest BCUT2D eigenvalue weighted by molar-refractivity contribution is 6.09. The van der Waals surface area contributed by atoms with Crippen LogP contribution in [0.1, 0.15) is 47.2 Å². The maximum Gasteiger partial charge on any atom is 0.0719 e. The first-order valence-electron chi connectivity index (χ1n) is 25.2. The first-order chi connectivity index (χ1) is 35.5. The normalized spacial score (nSPS) is 13.6. The Morgan fingerprint density at radius 2 is 0.792 bits per heavy atom. The van der Waals surface area contributed by atoms with E-state index in [1.165, 1.54) is 99.7 Å². The Labute approximate surface area is 421 Å². The molecule has 0 bridgehead atoms. The van der Waals surface area contributed by atoms with Crippen molar-refractivity contribution in [1.29, 1.82) is 0 Å². The molecule has 340 valence electrons. The number of nitrogens with zero attached hydrogens (tertiary/aromatic N) is 2. The predicted molar refractivity (Wildman–Crippen MR) is 301 cm³/mol. The Bertz CT molecular complexity index is 3950. The fourth-order valence-corrected chi connectivity index (χ4v) is 12.7. The van der Waals surface area contributed by atoms with Gasteiger partial charge in [0.1, 0.15) is 0 Å². The van der Waals surface area contributed by atoms with E-state index in [1.807, 2.05) is 0 Å². The van der Waals surface area contributed by atoms with Crippen LogP contribution in [-0.4, -0.2) is 4.57 Å². The molecule has 72 heavy (non-hydrogen) atoms. The first kappa shape index (κ1) is 41.9. The lowest BCUT2D eigenvalue weighted by Gasteiger charge is -2.36. The number of para-hydroxylation sites is 3. The van der Waals surface area contributed by atoms with Crippen LogP contribution in [0.4, 0.5) is 17.1 Å². The average Bonchev–Trinajstić information content (AvgIpc) is 4.03. The molecule has 0 aliphatic heterocycles. The Morgan fingerprint density at radius 1 is 0.333 bits per heavy atom. The van der Waals surface area contributed by atoms with Crippen molar-refractivity contribution in [3.8, 4) is 50.2 Å². The number of anilines is 3. The van der Waals surface area contributed by atoms with Gasteiger partial charge in [-0.1, -0.05) is 226 Å². The smallest absolute Gasteiger partial charge is 0.0719 e. The third-order valence-electron chi connectivity index (χ3n) is 15.9. The zero-order valence-electron chi connectivity index (χ0n) is 40.3. The Morgan fingerprint density at radius 3 is 1.43 bits per heavy atom. The van der Waals surface area contributed by atoms with Gasteiger partial charge < -0.3 is 9.47 Å². The molecule has 0 N–H and O–H groups in total. The van der Waals surface area contributed by atoms with Crippen molar-refractivity contribution in [2.75, 3.05) is 4.90 Å². The van der Waals surface area contributed by atoms with Crippen molar-refractivity contribution < 1.29 is 0 Å². The second-order valence-corrected chi connectivity index (χ2v) is 20.0. The molecule has 2 heteroatoms. The monoisotopic (exact) mass is 918 g/mol. The first-order valence-corrected chi connectivity index (χ1v) is 25.2. The van der Waals surface area contributed by atoms with Gasteiger partial charge in [-0.3, -0.25) is 0 Å². The molecular formula is C70H50N2. The van der Waals surface area contributed by atoms with E-state index >= 15 is 0 Å². The van der Waals surface area contributed by atoms with Gasteiger partial charge >= 0.3 is 0 Å². The minimum absolute atomic E-state index is 0.167. The summed E-state index contributed by atoms with van der Waals surface area (Å²) < 4.78 is 2.38. The topological polar surface area (TPSA) is 8.17 Å². The van der Waals surface area contributed by atoms with Gasteiger partial charge in [0.25, 0.3) is 0 Å². The van der Waals surface area contributed by atoms with Crippen LogP contribution in [0.5, 0.6) is 0 Å². The molecule has 11 aromatic carbocycles. The van der Waals surface area contributed by atoms with E-state index in [9.17, 15) is 0 Å². The summed E-state index contributed by atoms with van der Waals surface area (Å²) in [6, 6.07) is 99.1. The van der Waals surface area contributed by atoms with Gasteiger partial charge in [-0.15, -0.1) is 0 Å². The molecular weight excluding hydrogens is 869 g/mol. The van der Waals surface area contributed by atoms with Gasteiger partial charge in [-0.2, -0.15) is 0 Å². The van der Waals surface area contributed by atoms with Crippen molar-refractivity contribution in [2.45, 2.75) is 24.7 Å². The Hall–Kier alpha value is -8.98. The molecule has 12 aromatic rings. The number of rotatable bonds is 8. The Kier molecular flexibility index (Phi) is 9.50. The van der Waals surface area contributed by atoms with Crippen LogP contribution in [0.2, 0.25) is 0 Å². The Balaban J connectivity index is 0.944. The van der Waals surface area contributed by atoms with Gasteiger partial charge in [0.15, 0.2) is 0 Å². The molecule has 0 radical (unpaired) electrons. The van der Waals surface area contributed by atoms with Crippen molar-refractivity contribution >= 4 is 38.9 Å². The molecule has 1 heterocycles. The average molecular weight is 919 g/mol. The maximum absolute atomic E-state index is 2.50. The minimum Gasteiger partial charge on any atom is -0.310 e. The van der Waals surface area contributed by atoms with Gasteiger partial charge in [-0.25, -0.2) is 0 Å². The quantitative estimate of drug-likeness (QED) is 0.147. The molecule has 2 aliphatic carbocycles. The predicted octanol–water partition coefficient (Wildman–Crippen LogP) is 18.3. The zero-order valence-corrected chi connectivity index (χ0v) is 40.3. The molecule has 2 nitrogen and oxygen atoms in total. The molecule has 0 unspecified atom stereocenters. The van der Waals surface area contributed by atoms with E-state index in [0.717, 1.165) is 22.7 Å². The van der Waals surface area contributed by atoms with Gasteiger partial charge in [-0.05, 0) is 127 Å². The van der Waals surface area contributed by atoms with E-state index < -0.39 is 5.41 Å². The number of fused-ring (bicyclic) bond motifs is 9. The van der Waals surface area contributed by atoms with E-state index in [-0.39, 0.29) is 5.41 Å². The van der Waals surface area contributed by atoms with Gasteiger partial charge in [0, 0.05) is 38.8 Å². The standard InChI is InChI=1S/C70H50N2/c1-69(2)62-31-14-9-24-54(62)56-45-44-53(46-64(56)69)71(51-40-36-47(37-41-51)48-38-42-52(43-39-48)72-66-34-17-11-26-57(66)58-27-12-18-35-67(58)72)65-33-16-13-28-59(65)61-30-19-29-60-55-25-10-15-32-63(55)70(68(60)61,49-20-5-3-6-21-49)50-22-7-4-8-23-50/h3-46H,1-2H3. The molecule has 0 saturated heterocycles. The van der Waals surface area contributed by atoms with Gasteiger partial charge in [0.05, 0.1) is 22.1 Å². The van der Waals surface area contributed by atoms with E-state index in [2.05, 4.69) is 290 Å². The second-order valence-electron chi connectivity index (χ2n) is 20.0. The van der Waals surface area contributed by atoms with Crippen molar-refractivity contribution in [3.05, 3.63) is 300 Å². The molecule has 0 amide bonds. The lowest BCUT2D eigenvalue weighted by atomic mass is 9.66. The molecule has 0 fully saturated rings. The molecule has 2 aliphatic rings. The third-order valence-corrected chi connectivity index (χ3v) is 15.9. The summed E-state index contributed by atoms with van der Waals surface area (Å²) in [7, 11) is 0. The van der Waals surface area contributed by atoms with Crippen molar-refractivity contribution in [2.24, 2.45) is 0 Å². The number of benzene rings is 11. The lowest BCUT2D eigenvalue weighted by Crippen LogP contribution is -2.29. The van der Waals surface area contributed by atoms with Crippen LogP contribution in [-0.2, 0) is 10.8 Å². The SMILES string of the molecule is CC1(C)c2ccccc2-c2ccc(N(c3ccc(-c4ccc(-n5c6ccccc6c6ccccc65)cc4)cc3)c3ccccc3-c3cccc4c3C(c3ccccc3)(c3ccccc3)c3ccccc3-4)cc21. The summed E-state index contributed by atoms with van der Waals surface area (Å²) in [5.74, 6) is 0. The number of aromatic nitrogens is 1.